The first-order valence-corrected chi connectivity index (χ1v) is 18.3. The second-order valence-corrected chi connectivity index (χ2v) is 15.6. The SMILES string of the molecule is C=Cc1cc2c(C3(N)CCC4(CC3)CC(N)(C(=O)C(=C)F)C4)nc(C3CCN(CCC#N)CC3)nc2c(OCC(F)(F)F)c1-c1c(C)ccc2[nH]ncc12. The van der Waals surface area contributed by atoms with Gasteiger partial charge in [0.05, 0.1) is 34.6 Å². The Morgan fingerprint density at radius 1 is 1.13 bits per heavy atom. The standard InChI is InChI=1S/C40H44F4N8O2/c1-4-25-18-27-32(33(54-22-40(42,43)44)31(25)30-23(2)6-7-29-28(30)19-48-51-29)49-36(26-8-16-52(17-9-26)15-5-14-45)50-34(27)38(46)12-10-37(11-13-38)20-39(47,21-37)35(53)24(3)41/h4,6-7,18-19,26H,1,3,5,8-13,15-17,20-22,46-47H2,2H3,(H,48,51). The molecule has 10 nitrogen and oxygen atoms in total. The van der Waals surface area contributed by atoms with Crippen LogP contribution in [0.3, 0.4) is 0 Å². The maximum Gasteiger partial charge on any atom is 0.422 e. The molecule has 4 aromatic rings. The first kappa shape index (κ1) is 37.6. The maximum atomic E-state index is 14.0. The number of carbonyl (C=O) groups excluding carboxylic acids is 1. The summed E-state index contributed by atoms with van der Waals surface area (Å²) in [6.45, 7) is 9.61. The Hall–Kier alpha value is -4.71. The van der Waals surface area contributed by atoms with Gasteiger partial charge in [0.15, 0.2) is 18.2 Å². The molecular weight excluding hydrogens is 700 g/mol. The minimum absolute atomic E-state index is 0.0411. The smallest absolute Gasteiger partial charge is 0.422 e. The zero-order valence-electron chi connectivity index (χ0n) is 30.3. The number of hydrogen-bond acceptors (Lipinski definition) is 9. The first-order chi connectivity index (χ1) is 25.6. The summed E-state index contributed by atoms with van der Waals surface area (Å²) in [4.78, 5) is 25.0. The highest BCUT2D eigenvalue weighted by Crippen LogP contribution is 2.59. The molecule has 14 heteroatoms. The van der Waals surface area contributed by atoms with E-state index in [9.17, 15) is 22.4 Å². The van der Waals surface area contributed by atoms with Crippen LogP contribution in [0, 0.1) is 23.7 Å². The van der Waals surface area contributed by atoms with E-state index in [0.29, 0.717) is 122 Å². The fourth-order valence-electron chi connectivity index (χ4n) is 9.16. The van der Waals surface area contributed by atoms with Crippen molar-refractivity contribution in [3.63, 3.8) is 0 Å². The molecule has 5 N–H and O–H groups in total. The molecule has 3 fully saturated rings. The predicted molar refractivity (Wildman–Crippen MR) is 198 cm³/mol. The second kappa shape index (κ2) is 13.9. The predicted octanol–water partition coefficient (Wildman–Crippen LogP) is 7.42. The van der Waals surface area contributed by atoms with Gasteiger partial charge in [0.2, 0.25) is 5.78 Å². The van der Waals surface area contributed by atoms with Crippen LogP contribution in [0.2, 0.25) is 0 Å². The van der Waals surface area contributed by atoms with Gasteiger partial charge in [-0.25, -0.2) is 14.4 Å². The molecular formula is C40H44F4N8O2. The molecule has 2 aliphatic carbocycles. The van der Waals surface area contributed by atoms with Crippen molar-refractivity contribution >= 4 is 33.7 Å². The Balaban J connectivity index is 1.39. The molecule has 3 aliphatic rings. The summed E-state index contributed by atoms with van der Waals surface area (Å²) in [5.74, 6) is -1.51. The van der Waals surface area contributed by atoms with Crippen LogP contribution in [0.4, 0.5) is 17.6 Å². The zero-order chi connectivity index (χ0) is 38.6. The number of nitrogens with zero attached hydrogens (tertiary/aromatic N) is 5. The number of nitrogens with two attached hydrogens (primary N) is 2. The highest BCUT2D eigenvalue weighted by Gasteiger charge is 2.59. The lowest BCUT2D eigenvalue weighted by molar-refractivity contribution is -0.153. The lowest BCUT2D eigenvalue weighted by atomic mass is 9.49. The van der Waals surface area contributed by atoms with Crippen LogP contribution >= 0.6 is 0 Å². The number of aromatic amines is 1. The number of halogens is 4. The topological polar surface area (TPSA) is 160 Å². The van der Waals surface area contributed by atoms with Crippen LogP contribution in [-0.2, 0) is 10.3 Å². The van der Waals surface area contributed by atoms with Gasteiger partial charge < -0.3 is 21.1 Å². The van der Waals surface area contributed by atoms with E-state index in [2.05, 4.69) is 34.3 Å². The van der Waals surface area contributed by atoms with Crippen molar-refractivity contribution < 1.29 is 27.1 Å². The number of alkyl halides is 3. The van der Waals surface area contributed by atoms with E-state index >= 15 is 0 Å². The molecule has 1 saturated heterocycles. The van der Waals surface area contributed by atoms with Gasteiger partial charge in [-0.1, -0.05) is 25.3 Å². The van der Waals surface area contributed by atoms with E-state index in [0.717, 1.165) is 5.56 Å². The number of likely N-dealkylation sites (tertiary alicyclic amines) is 1. The summed E-state index contributed by atoms with van der Waals surface area (Å²) in [7, 11) is 0. The molecule has 2 aromatic carbocycles. The number of hydrogen-bond donors (Lipinski definition) is 3. The third-order valence-electron chi connectivity index (χ3n) is 11.9. The van der Waals surface area contributed by atoms with Gasteiger partial charge in [0.1, 0.15) is 11.3 Å². The number of nitrogens with one attached hydrogen (secondary N) is 1. The highest BCUT2D eigenvalue weighted by atomic mass is 19.4. The van der Waals surface area contributed by atoms with Crippen LogP contribution in [0.1, 0.15) is 86.4 Å². The highest BCUT2D eigenvalue weighted by molar-refractivity contribution is 6.05. The molecule has 0 unspecified atom stereocenters. The number of rotatable bonds is 10. The Kier molecular flexibility index (Phi) is 9.65. The number of ether oxygens (including phenoxy) is 1. The number of H-pyrrole nitrogens is 1. The maximum absolute atomic E-state index is 14.0. The molecule has 0 atom stereocenters. The van der Waals surface area contributed by atoms with Gasteiger partial charge >= 0.3 is 6.18 Å². The summed E-state index contributed by atoms with van der Waals surface area (Å²) >= 11 is 0. The van der Waals surface area contributed by atoms with Crippen molar-refractivity contribution in [2.75, 3.05) is 26.2 Å². The Morgan fingerprint density at radius 2 is 1.83 bits per heavy atom. The van der Waals surface area contributed by atoms with Gasteiger partial charge in [-0.05, 0) is 106 Å². The third kappa shape index (κ3) is 6.78. The van der Waals surface area contributed by atoms with E-state index in [1.165, 1.54) is 0 Å². The van der Waals surface area contributed by atoms with Gasteiger partial charge in [-0.3, -0.25) is 9.89 Å². The summed E-state index contributed by atoms with van der Waals surface area (Å²) in [6, 6.07) is 7.78. The molecule has 284 valence electrons. The molecule has 2 aromatic heterocycles. The van der Waals surface area contributed by atoms with Gasteiger partial charge in [0.25, 0.3) is 0 Å². The normalized spacial score (nSPS) is 25.1. The van der Waals surface area contributed by atoms with E-state index in [-0.39, 0.29) is 22.6 Å². The van der Waals surface area contributed by atoms with E-state index < -0.39 is 35.5 Å². The number of aromatic nitrogens is 4. The van der Waals surface area contributed by atoms with Crippen LogP contribution in [-0.4, -0.2) is 68.8 Å². The fourth-order valence-corrected chi connectivity index (χ4v) is 9.16. The van der Waals surface area contributed by atoms with Crippen molar-refractivity contribution in [3.05, 3.63) is 66.0 Å². The molecule has 3 heterocycles. The monoisotopic (exact) mass is 744 g/mol. The Morgan fingerprint density at radius 3 is 2.46 bits per heavy atom. The average molecular weight is 745 g/mol. The van der Waals surface area contributed by atoms with Gasteiger partial charge in [0, 0.05) is 35.2 Å². The summed E-state index contributed by atoms with van der Waals surface area (Å²) in [5, 5.41) is 17.5. The lowest BCUT2D eigenvalue weighted by Gasteiger charge is -2.57. The number of nitriles is 1. The number of aryl methyl sites for hydroxylation is 1. The van der Waals surface area contributed by atoms with Gasteiger partial charge in [-0.15, -0.1) is 0 Å². The van der Waals surface area contributed by atoms with Crippen molar-refractivity contribution in [3.8, 4) is 22.9 Å². The molecule has 0 radical (unpaired) electrons. The number of benzene rings is 2. The zero-order valence-corrected chi connectivity index (χ0v) is 30.3. The number of piperidine rings is 1. The Bertz CT molecular complexity index is 2180. The summed E-state index contributed by atoms with van der Waals surface area (Å²) in [5.41, 5.74) is 14.9. The van der Waals surface area contributed by atoms with E-state index in [1.54, 1.807) is 12.3 Å². The van der Waals surface area contributed by atoms with Gasteiger partial charge in [-0.2, -0.15) is 23.5 Å². The molecule has 2 saturated carbocycles. The third-order valence-corrected chi connectivity index (χ3v) is 11.9. The molecule has 0 bridgehead atoms. The van der Waals surface area contributed by atoms with Crippen LogP contribution in [0.15, 0.2) is 43.4 Å². The number of fused-ring (bicyclic) bond motifs is 2. The molecule has 1 spiro atoms. The lowest BCUT2D eigenvalue weighted by Crippen LogP contribution is -2.64. The van der Waals surface area contributed by atoms with Crippen LogP contribution in [0.25, 0.3) is 39.0 Å². The minimum Gasteiger partial charge on any atom is -0.481 e. The Labute approximate surface area is 310 Å². The molecule has 0 amide bonds. The summed E-state index contributed by atoms with van der Waals surface area (Å²) < 4.78 is 61.7. The van der Waals surface area contributed by atoms with Crippen LogP contribution < -0.4 is 16.2 Å². The molecule has 1 aliphatic heterocycles. The van der Waals surface area contributed by atoms with Crippen LogP contribution in [0.5, 0.6) is 5.75 Å². The fraction of sp³-hybridized carbons (Fsp3) is 0.475. The van der Waals surface area contributed by atoms with Crippen molar-refractivity contribution in [2.45, 2.75) is 87.9 Å². The quantitative estimate of drug-likeness (QED) is 0.111. The number of Topliss-reactive ketones (excluding diaryl/α,β-unsaturated/α-hetero) is 1. The first-order valence-electron chi connectivity index (χ1n) is 18.3. The second-order valence-electron chi connectivity index (χ2n) is 15.6. The van der Waals surface area contributed by atoms with Crippen molar-refractivity contribution in [2.24, 2.45) is 16.9 Å². The van der Waals surface area contributed by atoms with E-state index in [1.807, 2.05) is 25.1 Å². The average Bonchev–Trinajstić information content (AvgIpc) is 3.61. The molecule has 7 rings (SSSR count). The largest absolute Gasteiger partial charge is 0.481 e. The summed E-state index contributed by atoms with van der Waals surface area (Å²) in [6.07, 6.45) is 3.09. The number of ketones is 1. The molecule has 54 heavy (non-hydrogen) atoms. The van der Waals surface area contributed by atoms with Crippen molar-refractivity contribution in [1.82, 2.24) is 25.1 Å². The van der Waals surface area contributed by atoms with E-state index in [4.69, 9.17) is 31.4 Å². The number of carbonyl (C=O) groups is 1. The minimum atomic E-state index is -4.65. The van der Waals surface area contributed by atoms with Crippen molar-refractivity contribution in [1.29, 1.82) is 5.26 Å².